The minimum Gasteiger partial charge on any atom is -0.480 e. The van der Waals surface area contributed by atoms with Gasteiger partial charge in [0, 0.05) is 48.5 Å². The van der Waals surface area contributed by atoms with E-state index in [0.717, 1.165) is 44.6 Å². The molecule has 2 aromatic carbocycles. The molecule has 36 heavy (non-hydrogen) atoms. The molecule has 0 saturated heterocycles. The molecule has 0 aliphatic rings. The van der Waals surface area contributed by atoms with Crippen molar-refractivity contribution in [1.29, 1.82) is 0 Å². The summed E-state index contributed by atoms with van der Waals surface area (Å²) in [5.41, 5.74) is 13.9. The number of nitrogens with zero attached hydrogens (tertiary/aromatic N) is 6. The van der Waals surface area contributed by atoms with Crippen molar-refractivity contribution < 1.29 is 4.74 Å². The minimum absolute atomic E-state index is 0.310. The molecule has 6 aromatic rings. The number of nitrogen functional groups attached to an aromatic ring is 1. The first kappa shape index (κ1) is 21.7. The van der Waals surface area contributed by atoms with Crippen molar-refractivity contribution in [3.05, 3.63) is 102 Å². The number of nitrogens with two attached hydrogens (primary N) is 1. The Kier molecular flexibility index (Phi) is 5.26. The molecule has 176 valence electrons. The molecule has 1 atom stereocenters. The SMILES string of the molecule is COc1ccc([C@@H](c2cccnc2)c2cnc3cc(N)cc(-c4ccc5ccn(C)c5c4)c3n2)nn1. The van der Waals surface area contributed by atoms with Crippen molar-refractivity contribution >= 4 is 27.6 Å². The number of methoxy groups -OCH3 is 1. The van der Waals surface area contributed by atoms with Gasteiger partial charge >= 0.3 is 0 Å². The van der Waals surface area contributed by atoms with Gasteiger partial charge in [-0.05, 0) is 52.9 Å². The van der Waals surface area contributed by atoms with Crippen LogP contribution in [0.2, 0.25) is 0 Å². The molecule has 0 bridgehead atoms. The van der Waals surface area contributed by atoms with Crippen LogP contribution >= 0.6 is 0 Å². The van der Waals surface area contributed by atoms with Gasteiger partial charge in [0.2, 0.25) is 5.88 Å². The van der Waals surface area contributed by atoms with Crippen LogP contribution in [0.3, 0.4) is 0 Å². The Morgan fingerprint density at radius 3 is 2.64 bits per heavy atom. The van der Waals surface area contributed by atoms with E-state index >= 15 is 0 Å². The standard InChI is InChI=1S/C28H23N7O/c1-35-11-9-17-5-6-18(12-25(17)35)21-13-20(29)14-23-28(21)32-24(16-31-23)27(19-4-3-10-30-15-19)22-7-8-26(36-2)34-33-22/h3-16,27H,29H2,1-2H3/t27-/m1/s1. The highest BCUT2D eigenvalue weighted by atomic mass is 16.5. The molecular formula is C28H23N7O. The van der Waals surface area contributed by atoms with Crippen LogP contribution in [-0.4, -0.2) is 36.8 Å². The fourth-order valence-corrected chi connectivity index (χ4v) is 4.57. The van der Waals surface area contributed by atoms with Crippen LogP contribution < -0.4 is 10.5 Å². The van der Waals surface area contributed by atoms with Crippen molar-refractivity contribution in [2.24, 2.45) is 7.05 Å². The number of anilines is 1. The molecule has 2 N–H and O–H groups in total. The first-order valence-corrected chi connectivity index (χ1v) is 11.5. The van der Waals surface area contributed by atoms with Crippen LogP contribution in [0, 0.1) is 0 Å². The first-order chi connectivity index (χ1) is 17.6. The second-order valence-electron chi connectivity index (χ2n) is 8.65. The lowest BCUT2D eigenvalue weighted by Gasteiger charge is -2.17. The summed E-state index contributed by atoms with van der Waals surface area (Å²) >= 11 is 0. The van der Waals surface area contributed by atoms with Crippen molar-refractivity contribution in [2.45, 2.75) is 5.92 Å². The number of benzene rings is 2. The van der Waals surface area contributed by atoms with E-state index in [0.29, 0.717) is 11.6 Å². The molecule has 0 aliphatic heterocycles. The predicted molar refractivity (Wildman–Crippen MR) is 140 cm³/mol. The highest BCUT2D eigenvalue weighted by Gasteiger charge is 2.22. The summed E-state index contributed by atoms with van der Waals surface area (Å²) < 4.78 is 7.30. The average molecular weight is 474 g/mol. The lowest BCUT2D eigenvalue weighted by molar-refractivity contribution is 0.391. The third-order valence-electron chi connectivity index (χ3n) is 6.37. The second-order valence-corrected chi connectivity index (χ2v) is 8.65. The Labute approximate surface area is 207 Å². The topological polar surface area (TPSA) is 105 Å². The largest absolute Gasteiger partial charge is 0.480 e. The number of hydrogen-bond acceptors (Lipinski definition) is 7. The zero-order valence-electron chi connectivity index (χ0n) is 19.8. The smallest absolute Gasteiger partial charge is 0.233 e. The second kappa shape index (κ2) is 8.74. The van der Waals surface area contributed by atoms with Crippen molar-refractivity contribution in [3.63, 3.8) is 0 Å². The van der Waals surface area contributed by atoms with Crippen molar-refractivity contribution in [3.8, 4) is 17.0 Å². The Balaban J connectivity index is 1.56. The molecule has 0 amide bonds. The van der Waals surface area contributed by atoms with Gasteiger partial charge in [0.05, 0.1) is 41.6 Å². The van der Waals surface area contributed by atoms with Gasteiger partial charge in [-0.3, -0.25) is 9.97 Å². The van der Waals surface area contributed by atoms with E-state index in [1.807, 2.05) is 43.6 Å². The number of aromatic nitrogens is 6. The van der Waals surface area contributed by atoms with Gasteiger partial charge in [0.25, 0.3) is 0 Å². The van der Waals surface area contributed by atoms with E-state index in [4.69, 9.17) is 20.4 Å². The van der Waals surface area contributed by atoms with Crippen LogP contribution in [0.4, 0.5) is 5.69 Å². The van der Waals surface area contributed by atoms with Gasteiger partial charge in [-0.1, -0.05) is 18.2 Å². The Hall–Kier alpha value is -4.85. The van der Waals surface area contributed by atoms with E-state index < -0.39 is 0 Å². The molecule has 0 aliphatic carbocycles. The Bertz CT molecular complexity index is 1700. The average Bonchev–Trinajstić information content (AvgIpc) is 3.29. The summed E-state index contributed by atoms with van der Waals surface area (Å²) in [6.45, 7) is 0. The maximum absolute atomic E-state index is 6.28. The van der Waals surface area contributed by atoms with E-state index in [1.54, 1.807) is 25.6 Å². The van der Waals surface area contributed by atoms with Gasteiger partial charge < -0.3 is 15.0 Å². The number of pyridine rings is 1. The van der Waals surface area contributed by atoms with E-state index in [9.17, 15) is 0 Å². The lowest BCUT2D eigenvalue weighted by Crippen LogP contribution is -2.10. The zero-order valence-corrected chi connectivity index (χ0v) is 19.8. The zero-order chi connectivity index (χ0) is 24.6. The first-order valence-electron chi connectivity index (χ1n) is 11.5. The molecular weight excluding hydrogens is 450 g/mol. The van der Waals surface area contributed by atoms with Crippen molar-refractivity contribution in [1.82, 2.24) is 29.7 Å². The molecule has 0 spiro atoms. The van der Waals surface area contributed by atoms with Gasteiger partial charge in [0.15, 0.2) is 0 Å². The normalized spacial score (nSPS) is 12.2. The van der Waals surface area contributed by atoms with Crippen LogP contribution in [0.25, 0.3) is 33.1 Å². The molecule has 6 rings (SSSR count). The van der Waals surface area contributed by atoms with Crippen LogP contribution in [0.5, 0.6) is 5.88 Å². The number of fused-ring (bicyclic) bond motifs is 2. The number of ether oxygens (including phenoxy) is 1. The van der Waals surface area contributed by atoms with Gasteiger partial charge in [-0.25, -0.2) is 4.98 Å². The van der Waals surface area contributed by atoms with E-state index in [2.05, 4.69) is 50.2 Å². The third kappa shape index (κ3) is 3.78. The summed E-state index contributed by atoms with van der Waals surface area (Å²) in [4.78, 5) is 14.2. The number of aryl methyl sites for hydroxylation is 1. The van der Waals surface area contributed by atoms with Gasteiger partial charge in [-0.15, -0.1) is 5.10 Å². The molecule has 0 fully saturated rings. The van der Waals surface area contributed by atoms with E-state index in [1.165, 1.54) is 5.39 Å². The maximum Gasteiger partial charge on any atom is 0.233 e. The summed E-state index contributed by atoms with van der Waals surface area (Å²) in [5, 5.41) is 9.78. The van der Waals surface area contributed by atoms with E-state index in [-0.39, 0.29) is 5.92 Å². The van der Waals surface area contributed by atoms with Crippen LogP contribution in [0.15, 0.2) is 85.5 Å². The minimum atomic E-state index is -0.310. The fraction of sp³-hybridized carbons (Fsp3) is 0.107. The number of hydrogen-bond donors (Lipinski definition) is 1. The molecule has 4 heterocycles. The molecule has 8 heteroatoms. The quantitative estimate of drug-likeness (QED) is 0.361. The molecule has 4 aromatic heterocycles. The molecule has 0 saturated carbocycles. The monoisotopic (exact) mass is 473 g/mol. The number of rotatable bonds is 5. The fourth-order valence-electron chi connectivity index (χ4n) is 4.57. The molecule has 0 unspecified atom stereocenters. The molecule has 8 nitrogen and oxygen atoms in total. The lowest BCUT2D eigenvalue weighted by atomic mass is 9.93. The summed E-state index contributed by atoms with van der Waals surface area (Å²) in [6.07, 6.45) is 7.39. The Morgan fingerprint density at radius 2 is 1.86 bits per heavy atom. The predicted octanol–water partition coefficient (Wildman–Crippen LogP) is 4.74. The van der Waals surface area contributed by atoms with Gasteiger partial charge in [-0.2, -0.15) is 5.10 Å². The Morgan fingerprint density at radius 1 is 0.944 bits per heavy atom. The summed E-state index contributed by atoms with van der Waals surface area (Å²) in [7, 11) is 3.60. The highest BCUT2D eigenvalue weighted by Crippen LogP contribution is 2.34. The molecule has 0 radical (unpaired) electrons. The maximum atomic E-state index is 6.28. The van der Waals surface area contributed by atoms with Crippen LogP contribution in [0.1, 0.15) is 22.9 Å². The highest BCUT2D eigenvalue weighted by molar-refractivity contribution is 5.97. The van der Waals surface area contributed by atoms with Crippen molar-refractivity contribution in [2.75, 3.05) is 12.8 Å². The third-order valence-corrected chi connectivity index (χ3v) is 6.37. The summed E-state index contributed by atoms with van der Waals surface area (Å²) in [6, 6.07) is 19.9. The van der Waals surface area contributed by atoms with Crippen LogP contribution in [-0.2, 0) is 7.05 Å². The van der Waals surface area contributed by atoms with Gasteiger partial charge in [0.1, 0.15) is 0 Å². The summed E-state index contributed by atoms with van der Waals surface area (Å²) in [5.74, 6) is 0.136.